The minimum atomic E-state index is -0.370. The number of H-pyrrole nitrogens is 1. The normalized spacial score (nSPS) is 9.29. The van der Waals surface area contributed by atoms with E-state index in [9.17, 15) is 4.79 Å². The Bertz CT molecular complexity index is 482. The summed E-state index contributed by atoms with van der Waals surface area (Å²) in [6.45, 7) is 0. The summed E-state index contributed by atoms with van der Waals surface area (Å²) in [6.07, 6.45) is 2.88. The topological polar surface area (TPSA) is 138 Å². The molecule has 14 heavy (non-hydrogen) atoms. The number of aromatic nitrogens is 4. The molecule has 0 saturated carbocycles. The van der Waals surface area contributed by atoms with E-state index in [-0.39, 0.29) is 22.7 Å². The summed E-state index contributed by atoms with van der Waals surface area (Å²) >= 11 is 0. The zero-order chi connectivity index (χ0) is 10.6. The third-order valence-corrected chi connectivity index (χ3v) is 1.36. The zero-order valence-electron chi connectivity index (χ0n) is 6.88. The molecule has 2 rings (SSSR count). The second-order valence-electron chi connectivity index (χ2n) is 2.18. The first-order valence-electron chi connectivity index (χ1n) is 3.44. The third-order valence-electron chi connectivity index (χ3n) is 1.36. The highest BCUT2D eigenvalue weighted by Gasteiger charge is 2.01. The van der Waals surface area contributed by atoms with Crippen LogP contribution in [0.5, 0.6) is 0 Å². The Morgan fingerprint density at radius 2 is 1.93 bits per heavy atom. The minimum Gasteiger partial charge on any atom is -0.369 e. The lowest BCUT2D eigenvalue weighted by Crippen LogP contribution is -2.12. The van der Waals surface area contributed by atoms with Gasteiger partial charge in [-0.1, -0.05) is 0 Å². The Labute approximate surface area is 77.0 Å². The number of rotatable bonds is 0. The molecule has 74 valence electrons. The Morgan fingerprint density at radius 1 is 1.29 bits per heavy atom. The Balaban J connectivity index is 0.000000461. The van der Waals surface area contributed by atoms with E-state index in [1.54, 1.807) is 0 Å². The molecular formula is C6H7N5O3. The highest BCUT2D eigenvalue weighted by atomic mass is 17.0. The van der Waals surface area contributed by atoms with Gasteiger partial charge in [-0.25, -0.2) is 9.97 Å². The van der Waals surface area contributed by atoms with Gasteiger partial charge in [0.25, 0.3) is 5.56 Å². The van der Waals surface area contributed by atoms with Crippen molar-refractivity contribution in [2.75, 3.05) is 5.73 Å². The highest BCUT2D eigenvalue weighted by Crippen LogP contribution is 1.97. The van der Waals surface area contributed by atoms with Crippen LogP contribution < -0.4 is 11.3 Å². The van der Waals surface area contributed by atoms with Crippen LogP contribution in [0.15, 0.2) is 17.2 Å². The van der Waals surface area contributed by atoms with Gasteiger partial charge in [0.1, 0.15) is 0 Å². The Morgan fingerprint density at radius 3 is 2.64 bits per heavy atom. The van der Waals surface area contributed by atoms with Gasteiger partial charge in [0.15, 0.2) is 11.2 Å². The molecule has 5 N–H and O–H groups in total. The number of nitrogens with one attached hydrogen (secondary N) is 1. The lowest BCUT2D eigenvalue weighted by Gasteiger charge is -1.94. The summed E-state index contributed by atoms with van der Waals surface area (Å²) in [6, 6.07) is 0. The van der Waals surface area contributed by atoms with Crippen molar-refractivity contribution in [1.82, 2.24) is 19.9 Å². The molecule has 0 aliphatic carbocycles. The maximum atomic E-state index is 11.1. The molecular weight excluding hydrogens is 190 g/mol. The van der Waals surface area contributed by atoms with Crippen LogP contribution in [0.25, 0.3) is 11.2 Å². The van der Waals surface area contributed by atoms with Crippen molar-refractivity contribution < 1.29 is 10.5 Å². The van der Waals surface area contributed by atoms with Crippen molar-refractivity contribution >= 4 is 17.1 Å². The maximum Gasteiger partial charge on any atom is 0.280 e. The van der Waals surface area contributed by atoms with Gasteiger partial charge in [-0.05, 0) is 0 Å². The van der Waals surface area contributed by atoms with Crippen LogP contribution in [-0.2, 0) is 0 Å². The largest absolute Gasteiger partial charge is 0.369 e. The first-order valence-corrected chi connectivity index (χ1v) is 3.44. The lowest BCUT2D eigenvalue weighted by molar-refractivity contribution is -0.176. The lowest BCUT2D eigenvalue weighted by atomic mass is 10.5. The van der Waals surface area contributed by atoms with Crippen molar-refractivity contribution in [1.29, 1.82) is 0 Å². The van der Waals surface area contributed by atoms with Crippen molar-refractivity contribution in [2.24, 2.45) is 0 Å². The van der Waals surface area contributed by atoms with Crippen molar-refractivity contribution in [3.63, 3.8) is 0 Å². The number of nitrogen functional groups attached to an aromatic ring is 1. The molecule has 0 unspecified atom stereocenters. The van der Waals surface area contributed by atoms with Crippen LogP contribution in [0.1, 0.15) is 0 Å². The summed E-state index contributed by atoms with van der Waals surface area (Å²) in [7, 11) is 0. The molecule has 0 atom stereocenters. The van der Waals surface area contributed by atoms with E-state index < -0.39 is 0 Å². The van der Waals surface area contributed by atoms with Crippen LogP contribution in [0, 0.1) is 0 Å². The van der Waals surface area contributed by atoms with Crippen LogP contribution in [0.3, 0.4) is 0 Å². The fourth-order valence-corrected chi connectivity index (χ4v) is 0.890. The molecule has 0 spiro atoms. The number of anilines is 1. The average molecular weight is 197 g/mol. The number of nitrogens with two attached hydrogens (primary N) is 1. The zero-order valence-corrected chi connectivity index (χ0v) is 6.88. The maximum absolute atomic E-state index is 11.1. The molecule has 8 heteroatoms. The van der Waals surface area contributed by atoms with Gasteiger partial charge in [-0.3, -0.25) is 20.3 Å². The minimum absolute atomic E-state index is 0.0491. The number of aromatic amines is 1. The fourth-order valence-electron chi connectivity index (χ4n) is 0.890. The first-order chi connectivity index (χ1) is 6.77. The van der Waals surface area contributed by atoms with E-state index in [2.05, 4.69) is 19.9 Å². The molecule has 0 saturated heterocycles. The van der Waals surface area contributed by atoms with Gasteiger partial charge in [0, 0.05) is 12.4 Å². The number of nitrogens with zero attached hydrogens (tertiary/aromatic N) is 3. The molecule has 0 bridgehead atoms. The predicted octanol–water partition coefficient (Wildman–Crippen LogP) is -0.687. The Hall–Kier alpha value is -2.06. The van der Waals surface area contributed by atoms with E-state index >= 15 is 0 Å². The van der Waals surface area contributed by atoms with E-state index in [4.69, 9.17) is 16.2 Å². The molecule has 0 aliphatic rings. The van der Waals surface area contributed by atoms with Crippen LogP contribution in [0.4, 0.5) is 5.95 Å². The standard InChI is InChI=1S/C6H5N5O.H2O2/c7-6-10-4-3(5(12)11-6)8-1-2-9-4;1-2/h1-2H,(H3,7,9,10,11,12);1-2H. The van der Waals surface area contributed by atoms with Crippen molar-refractivity contribution in [2.45, 2.75) is 0 Å². The van der Waals surface area contributed by atoms with E-state index in [0.717, 1.165) is 0 Å². The van der Waals surface area contributed by atoms with Crippen molar-refractivity contribution in [3.05, 3.63) is 22.7 Å². The quantitative estimate of drug-likeness (QED) is 0.324. The van der Waals surface area contributed by atoms with Gasteiger partial charge >= 0.3 is 0 Å². The van der Waals surface area contributed by atoms with Gasteiger partial charge in [0.05, 0.1) is 0 Å². The van der Waals surface area contributed by atoms with Gasteiger partial charge in [-0.2, -0.15) is 4.98 Å². The number of fused-ring (bicyclic) bond motifs is 1. The van der Waals surface area contributed by atoms with Gasteiger partial charge in [-0.15, -0.1) is 0 Å². The average Bonchev–Trinajstić information content (AvgIpc) is 2.20. The molecule has 0 aromatic carbocycles. The summed E-state index contributed by atoms with van der Waals surface area (Å²) < 4.78 is 0. The molecule has 2 aromatic rings. The monoisotopic (exact) mass is 197 g/mol. The summed E-state index contributed by atoms with van der Waals surface area (Å²) in [4.78, 5) is 24.9. The molecule has 0 fully saturated rings. The highest BCUT2D eigenvalue weighted by molar-refractivity contribution is 5.68. The van der Waals surface area contributed by atoms with Gasteiger partial charge in [0.2, 0.25) is 5.95 Å². The van der Waals surface area contributed by atoms with Gasteiger partial charge < -0.3 is 5.73 Å². The molecule has 0 radical (unpaired) electrons. The second-order valence-corrected chi connectivity index (χ2v) is 2.18. The molecule has 8 nitrogen and oxygen atoms in total. The SMILES string of the molecule is Nc1nc2nccnc2c(=O)[nH]1.OO. The van der Waals surface area contributed by atoms with Crippen LogP contribution in [0.2, 0.25) is 0 Å². The number of hydrogen-bond donors (Lipinski definition) is 4. The summed E-state index contributed by atoms with van der Waals surface area (Å²) in [5.41, 5.74) is 5.38. The molecule has 2 heterocycles. The summed E-state index contributed by atoms with van der Waals surface area (Å²) in [5, 5.41) is 12.0. The van der Waals surface area contributed by atoms with E-state index in [1.807, 2.05) is 0 Å². The third kappa shape index (κ3) is 1.81. The van der Waals surface area contributed by atoms with E-state index in [0.29, 0.717) is 0 Å². The fraction of sp³-hybridized carbons (Fsp3) is 0. The van der Waals surface area contributed by atoms with Crippen molar-refractivity contribution in [3.8, 4) is 0 Å². The summed E-state index contributed by atoms with van der Waals surface area (Å²) in [5.74, 6) is 0.0491. The Kier molecular flexibility index (Phi) is 3.05. The molecule has 0 amide bonds. The smallest absolute Gasteiger partial charge is 0.280 e. The predicted molar refractivity (Wildman–Crippen MR) is 47.6 cm³/mol. The first kappa shape index (κ1) is 10.0. The molecule has 0 aliphatic heterocycles. The van der Waals surface area contributed by atoms with Crippen LogP contribution >= 0.6 is 0 Å². The molecule has 2 aromatic heterocycles. The number of hydrogen-bond acceptors (Lipinski definition) is 7. The second kappa shape index (κ2) is 4.25. The van der Waals surface area contributed by atoms with E-state index in [1.165, 1.54) is 12.4 Å². The van der Waals surface area contributed by atoms with Crippen LogP contribution in [-0.4, -0.2) is 30.5 Å².